The molecule has 0 saturated carbocycles. The van der Waals surface area contributed by atoms with E-state index in [0.29, 0.717) is 18.3 Å². The van der Waals surface area contributed by atoms with Crippen molar-refractivity contribution in [2.24, 2.45) is 11.7 Å². The Balaban J connectivity index is 1.87. The Kier molecular flexibility index (Phi) is 6.23. The Hall–Kier alpha value is -1.35. The standard InChI is InChI=1S/C20H32N2O/c1-14(2)17-5-7-18(8-6-17)15(3)13-20(23)22-11-9-19(10-12-22)16(4)21/h5-8,14-16,19H,9-13,21H2,1-4H3. The third-order valence-electron chi connectivity index (χ3n) is 5.29. The van der Waals surface area contributed by atoms with E-state index < -0.39 is 0 Å². The number of piperidine rings is 1. The van der Waals surface area contributed by atoms with Gasteiger partial charge in [0.25, 0.3) is 0 Å². The van der Waals surface area contributed by atoms with Gasteiger partial charge in [-0.1, -0.05) is 45.0 Å². The van der Waals surface area contributed by atoms with Gasteiger partial charge in [0, 0.05) is 25.6 Å². The van der Waals surface area contributed by atoms with Crippen molar-refractivity contribution in [3.8, 4) is 0 Å². The van der Waals surface area contributed by atoms with E-state index in [1.807, 2.05) is 4.90 Å². The molecule has 2 N–H and O–H groups in total. The number of carbonyl (C=O) groups excluding carboxylic acids is 1. The van der Waals surface area contributed by atoms with Crippen LogP contribution in [0.15, 0.2) is 24.3 Å². The second kappa shape index (κ2) is 7.96. The summed E-state index contributed by atoms with van der Waals surface area (Å²) in [5.41, 5.74) is 8.59. The molecule has 3 heteroatoms. The number of hydrogen-bond acceptors (Lipinski definition) is 2. The fraction of sp³-hybridized carbons (Fsp3) is 0.650. The molecule has 1 aliphatic rings. The van der Waals surface area contributed by atoms with E-state index in [0.717, 1.165) is 25.9 Å². The lowest BCUT2D eigenvalue weighted by Gasteiger charge is -2.34. The predicted molar refractivity (Wildman–Crippen MR) is 96.5 cm³/mol. The van der Waals surface area contributed by atoms with Crippen molar-refractivity contribution in [2.45, 2.75) is 64.8 Å². The number of amides is 1. The average molecular weight is 316 g/mol. The summed E-state index contributed by atoms with van der Waals surface area (Å²) < 4.78 is 0. The van der Waals surface area contributed by atoms with Crippen molar-refractivity contribution in [2.75, 3.05) is 13.1 Å². The lowest BCUT2D eigenvalue weighted by molar-refractivity contribution is -0.133. The Bertz CT molecular complexity index is 499. The molecular weight excluding hydrogens is 284 g/mol. The summed E-state index contributed by atoms with van der Waals surface area (Å²) in [6.07, 6.45) is 2.69. The zero-order valence-corrected chi connectivity index (χ0v) is 15.1. The van der Waals surface area contributed by atoms with Gasteiger partial charge in [-0.15, -0.1) is 0 Å². The van der Waals surface area contributed by atoms with Gasteiger partial charge in [0.15, 0.2) is 0 Å². The lowest BCUT2D eigenvalue weighted by atomic mass is 9.90. The van der Waals surface area contributed by atoms with Crippen LogP contribution in [0.4, 0.5) is 0 Å². The number of carbonyl (C=O) groups is 1. The molecule has 1 heterocycles. The number of benzene rings is 1. The number of nitrogens with zero attached hydrogens (tertiary/aromatic N) is 1. The van der Waals surface area contributed by atoms with Crippen LogP contribution in [0.5, 0.6) is 0 Å². The molecule has 1 saturated heterocycles. The fourth-order valence-corrected chi connectivity index (χ4v) is 3.39. The van der Waals surface area contributed by atoms with Gasteiger partial charge in [0.2, 0.25) is 5.91 Å². The summed E-state index contributed by atoms with van der Waals surface area (Å²) in [7, 11) is 0. The monoisotopic (exact) mass is 316 g/mol. The second-order valence-electron chi connectivity index (χ2n) is 7.50. The molecule has 128 valence electrons. The van der Waals surface area contributed by atoms with Crippen molar-refractivity contribution in [1.82, 2.24) is 4.90 Å². The average Bonchev–Trinajstić information content (AvgIpc) is 2.54. The van der Waals surface area contributed by atoms with Crippen molar-refractivity contribution < 1.29 is 4.79 Å². The minimum Gasteiger partial charge on any atom is -0.343 e. The molecule has 3 nitrogen and oxygen atoms in total. The molecule has 2 unspecified atom stereocenters. The lowest BCUT2D eigenvalue weighted by Crippen LogP contribution is -2.42. The van der Waals surface area contributed by atoms with Gasteiger partial charge >= 0.3 is 0 Å². The van der Waals surface area contributed by atoms with Gasteiger partial charge in [-0.05, 0) is 48.6 Å². The highest BCUT2D eigenvalue weighted by molar-refractivity contribution is 5.77. The van der Waals surface area contributed by atoms with E-state index in [9.17, 15) is 4.79 Å². The topological polar surface area (TPSA) is 46.3 Å². The van der Waals surface area contributed by atoms with Crippen LogP contribution in [0.3, 0.4) is 0 Å². The van der Waals surface area contributed by atoms with Gasteiger partial charge in [0.1, 0.15) is 0 Å². The van der Waals surface area contributed by atoms with Crippen LogP contribution in [-0.2, 0) is 4.79 Å². The van der Waals surface area contributed by atoms with E-state index in [1.54, 1.807) is 0 Å². The van der Waals surface area contributed by atoms with E-state index in [2.05, 4.69) is 52.0 Å². The Morgan fingerprint density at radius 3 is 2.09 bits per heavy atom. The van der Waals surface area contributed by atoms with Crippen LogP contribution in [0, 0.1) is 5.92 Å². The highest BCUT2D eigenvalue weighted by Gasteiger charge is 2.25. The molecule has 0 radical (unpaired) electrons. The predicted octanol–water partition coefficient (Wildman–Crippen LogP) is 3.89. The minimum atomic E-state index is 0.241. The van der Waals surface area contributed by atoms with E-state index >= 15 is 0 Å². The third-order valence-corrected chi connectivity index (χ3v) is 5.29. The minimum absolute atomic E-state index is 0.241. The molecule has 1 aromatic carbocycles. The number of likely N-dealkylation sites (tertiary alicyclic amines) is 1. The number of rotatable bonds is 5. The first kappa shape index (κ1) is 18.0. The normalized spacial score (nSPS) is 19.0. The van der Waals surface area contributed by atoms with Crippen LogP contribution in [0.1, 0.15) is 69.9 Å². The molecule has 1 fully saturated rings. The summed E-state index contributed by atoms with van der Waals surface area (Å²) >= 11 is 0. The maximum atomic E-state index is 12.5. The first-order chi connectivity index (χ1) is 10.9. The Labute approximate surface area is 141 Å². The summed E-state index contributed by atoms with van der Waals surface area (Å²) in [5, 5.41) is 0. The van der Waals surface area contributed by atoms with Gasteiger partial charge in [-0.3, -0.25) is 4.79 Å². The van der Waals surface area contributed by atoms with E-state index in [-0.39, 0.29) is 17.9 Å². The molecule has 1 aromatic rings. The van der Waals surface area contributed by atoms with E-state index in [1.165, 1.54) is 11.1 Å². The number of hydrogen-bond donors (Lipinski definition) is 1. The zero-order chi connectivity index (χ0) is 17.0. The molecule has 1 amide bonds. The Morgan fingerprint density at radius 2 is 1.61 bits per heavy atom. The SMILES string of the molecule is CC(C)c1ccc(C(C)CC(=O)N2CCC(C(C)N)CC2)cc1. The van der Waals surface area contributed by atoms with Gasteiger partial charge in [-0.25, -0.2) is 0 Å². The maximum absolute atomic E-state index is 12.5. The van der Waals surface area contributed by atoms with Gasteiger partial charge < -0.3 is 10.6 Å². The molecule has 0 aromatic heterocycles. The largest absolute Gasteiger partial charge is 0.343 e. The van der Waals surface area contributed by atoms with Crippen LogP contribution in [0.25, 0.3) is 0 Å². The molecule has 0 aliphatic carbocycles. The molecule has 23 heavy (non-hydrogen) atoms. The van der Waals surface area contributed by atoms with E-state index in [4.69, 9.17) is 5.73 Å². The van der Waals surface area contributed by atoms with Crippen molar-refractivity contribution >= 4 is 5.91 Å². The Morgan fingerprint density at radius 1 is 1.09 bits per heavy atom. The summed E-state index contributed by atoms with van der Waals surface area (Å²) in [6.45, 7) is 10.4. The molecule has 1 aliphatic heterocycles. The highest BCUT2D eigenvalue weighted by atomic mass is 16.2. The molecule has 2 atom stereocenters. The number of nitrogens with two attached hydrogens (primary N) is 1. The maximum Gasteiger partial charge on any atom is 0.223 e. The van der Waals surface area contributed by atoms with Crippen molar-refractivity contribution in [3.63, 3.8) is 0 Å². The first-order valence-electron chi connectivity index (χ1n) is 9.01. The quantitative estimate of drug-likeness (QED) is 0.896. The van der Waals surface area contributed by atoms with Crippen molar-refractivity contribution in [1.29, 1.82) is 0 Å². The molecule has 0 spiro atoms. The molecular formula is C20H32N2O. The smallest absolute Gasteiger partial charge is 0.223 e. The van der Waals surface area contributed by atoms with Gasteiger partial charge in [0.05, 0.1) is 0 Å². The van der Waals surface area contributed by atoms with Gasteiger partial charge in [-0.2, -0.15) is 0 Å². The molecule has 0 bridgehead atoms. The first-order valence-corrected chi connectivity index (χ1v) is 9.01. The summed E-state index contributed by atoms with van der Waals surface area (Å²) in [5.74, 6) is 1.68. The van der Waals surface area contributed by atoms with Crippen LogP contribution >= 0.6 is 0 Å². The zero-order valence-electron chi connectivity index (χ0n) is 15.1. The summed E-state index contributed by atoms with van der Waals surface area (Å²) in [6, 6.07) is 8.97. The van der Waals surface area contributed by atoms with Crippen LogP contribution in [0.2, 0.25) is 0 Å². The second-order valence-corrected chi connectivity index (χ2v) is 7.50. The summed E-state index contributed by atoms with van der Waals surface area (Å²) in [4.78, 5) is 14.6. The molecule has 2 rings (SSSR count). The van der Waals surface area contributed by atoms with Crippen LogP contribution in [-0.4, -0.2) is 29.9 Å². The fourth-order valence-electron chi connectivity index (χ4n) is 3.39. The van der Waals surface area contributed by atoms with Crippen molar-refractivity contribution in [3.05, 3.63) is 35.4 Å². The highest BCUT2D eigenvalue weighted by Crippen LogP contribution is 2.25. The third kappa shape index (κ3) is 4.81. The van der Waals surface area contributed by atoms with Crippen LogP contribution < -0.4 is 5.73 Å².